The molecule has 1 rings (SSSR count). The number of nitrogens with one attached hydrogen (secondary N) is 2. The van der Waals surface area contributed by atoms with Gasteiger partial charge in [0.25, 0.3) is 10.9 Å². The van der Waals surface area contributed by atoms with Crippen molar-refractivity contribution in [2.45, 2.75) is 265 Å². The molecule has 0 amide bonds. The van der Waals surface area contributed by atoms with Crippen molar-refractivity contribution in [2.24, 2.45) is 5.92 Å². The highest BCUT2D eigenvalue weighted by Crippen LogP contribution is 2.23. The van der Waals surface area contributed by atoms with E-state index in [4.69, 9.17) is 9.47 Å². The number of unbranched alkanes of at least 4 members (excludes halogenated alkanes) is 23. The van der Waals surface area contributed by atoms with Gasteiger partial charge in [0.05, 0.1) is 6.61 Å². The van der Waals surface area contributed by atoms with E-state index in [1.807, 2.05) is 0 Å². The Morgan fingerprint density at radius 3 is 1.43 bits per heavy atom. The first-order valence-electron chi connectivity index (χ1n) is 27.1. The number of carbonyl (C=O) groups excluding carboxylic acids is 2. The molecule has 368 valence electrons. The molecule has 9 heteroatoms. The maximum atomic E-state index is 12.6. The van der Waals surface area contributed by atoms with Crippen molar-refractivity contribution in [3.8, 4) is 0 Å². The summed E-state index contributed by atoms with van der Waals surface area (Å²) in [7, 11) is 1.67. The maximum absolute atomic E-state index is 12.6. The highest BCUT2D eigenvalue weighted by atomic mass is 16.5. The molecule has 2 N–H and O–H groups in total. The lowest BCUT2D eigenvalue weighted by atomic mass is 9.91. The Balaban J connectivity index is 2.36. The molecule has 0 saturated heterocycles. The van der Waals surface area contributed by atoms with E-state index >= 15 is 0 Å². The van der Waals surface area contributed by atoms with Crippen LogP contribution >= 0.6 is 0 Å². The van der Waals surface area contributed by atoms with Crippen molar-refractivity contribution >= 4 is 23.3 Å². The Morgan fingerprint density at radius 1 is 0.492 bits per heavy atom. The van der Waals surface area contributed by atoms with Gasteiger partial charge in [0.1, 0.15) is 17.5 Å². The third-order valence-electron chi connectivity index (χ3n) is 13.2. The first kappa shape index (κ1) is 58.6. The molecule has 0 aromatic heterocycles. The molecule has 1 atom stereocenters. The van der Waals surface area contributed by atoms with Crippen molar-refractivity contribution in [2.75, 3.05) is 50.5 Å². The second kappa shape index (κ2) is 42.2. The normalized spacial score (nSPS) is 12.1. The average molecular weight is 888 g/mol. The first-order valence-corrected chi connectivity index (χ1v) is 27.1. The van der Waals surface area contributed by atoms with Gasteiger partial charge in [-0.15, -0.1) is 0 Å². The van der Waals surface area contributed by atoms with E-state index < -0.39 is 10.9 Å². The lowest BCUT2D eigenvalue weighted by Crippen LogP contribution is -2.37. The zero-order valence-corrected chi connectivity index (χ0v) is 42.0. The van der Waals surface area contributed by atoms with Crippen molar-refractivity contribution in [3.63, 3.8) is 0 Å². The highest BCUT2D eigenvalue weighted by Gasteiger charge is 2.19. The fraction of sp³-hybridized carbons (Fsp3) is 0.889. The number of esters is 2. The number of carbonyl (C=O) groups is 2. The summed E-state index contributed by atoms with van der Waals surface area (Å²) in [6.07, 6.45) is 41.8. The van der Waals surface area contributed by atoms with Gasteiger partial charge in [0, 0.05) is 26.4 Å². The van der Waals surface area contributed by atoms with E-state index in [-0.39, 0.29) is 18.0 Å². The zero-order valence-electron chi connectivity index (χ0n) is 42.0. The number of nitrogens with zero attached hydrogens (tertiary/aromatic N) is 1. The molecule has 0 aliphatic rings. The van der Waals surface area contributed by atoms with Crippen LogP contribution in [0.2, 0.25) is 0 Å². The lowest BCUT2D eigenvalue weighted by molar-refractivity contribution is -0.149. The van der Waals surface area contributed by atoms with Crippen LogP contribution in [-0.4, -0.2) is 62.8 Å². The largest absolute Gasteiger partial charge is 0.466 e. The number of hydrogen-bond acceptors (Lipinski definition) is 9. The van der Waals surface area contributed by atoms with E-state index in [0.29, 0.717) is 43.3 Å². The summed E-state index contributed by atoms with van der Waals surface area (Å²) in [5, 5.41) is 6.02. The van der Waals surface area contributed by atoms with E-state index in [9.17, 15) is 19.2 Å². The van der Waals surface area contributed by atoms with E-state index in [0.717, 1.165) is 116 Å². The minimum atomic E-state index is -0.439. The van der Waals surface area contributed by atoms with Gasteiger partial charge in [0.2, 0.25) is 0 Å². The summed E-state index contributed by atoms with van der Waals surface area (Å²) in [6.45, 7) is 13.1. The Morgan fingerprint density at radius 2 is 0.921 bits per heavy atom. The van der Waals surface area contributed by atoms with Crippen molar-refractivity contribution in [1.82, 2.24) is 4.90 Å². The molecule has 9 nitrogen and oxygen atoms in total. The van der Waals surface area contributed by atoms with Gasteiger partial charge in [-0.2, -0.15) is 0 Å². The number of rotatable bonds is 48. The fourth-order valence-electron chi connectivity index (χ4n) is 8.94. The Hall–Kier alpha value is -2.42. The lowest BCUT2D eigenvalue weighted by Gasteiger charge is -2.23. The number of ether oxygens (including phenoxy) is 2. The summed E-state index contributed by atoms with van der Waals surface area (Å²) in [5.41, 5.74) is -0.0586. The first-order chi connectivity index (χ1) is 30.8. The molecular weight excluding hydrogens is 787 g/mol. The van der Waals surface area contributed by atoms with Crippen LogP contribution in [0.1, 0.15) is 259 Å². The quantitative estimate of drug-likeness (QED) is 0.0375. The van der Waals surface area contributed by atoms with Crippen LogP contribution in [0.25, 0.3) is 0 Å². The molecule has 1 aromatic rings. The van der Waals surface area contributed by atoms with Gasteiger partial charge < -0.3 is 25.0 Å². The van der Waals surface area contributed by atoms with Crippen LogP contribution in [0.3, 0.4) is 0 Å². The van der Waals surface area contributed by atoms with Gasteiger partial charge in [-0.1, -0.05) is 188 Å². The summed E-state index contributed by atoms with van der Waals surface area (Å²) < 4.78 is 11.6. The molecule has 1 unspecified atom stereocenters. The summed E-state index contributed by atoms with van der Waals surface area (Å²) in [4.78, 5) is 51.4. The molecule has 0 spiro atoms. The van der Waals surface area contributed by atoms with Crippen LogP contribution in [0.4, 0.5) is 11.4 Å². The minimum absolute atomic E-state index is 0.0258. The molecular formula is C54H101N3O6. The molecule has 0 saturated carbocycles. The summed E-state index contributed by atoms with van der Waals surface area (Å²) >= 11 is 0. The zero-order chi connectivity index (χ0) is 46.0. The standard InChI is InChI=1S/C54H101N3O6/c1-6-10-13-16-21-28-36-47(37-29-22-17-14-11-7-2)41-46-62-49(58)39-31-24-19-26-33-43-57(45-35-42-56-52-51(55-5)53(60)54(52)61)44-34-27-20-25-32-40-50(59)63-48(9-4)38-30-23-18-15-12-8-3/h47-48,55-56H,6-46H2,1-5H3. The highest BCUT2D eigenvalue weighted by molar-refractivity contribution is 5.73. The predicted molar refractivity (Wildman–Crippen MR) is 269 cm³/mol. The van der Waals surface area contributed by atoms with E-state index in [1.165, 1.54) is 122 Å². The molecule has 0 fully saturated rings. The molecule has 0 bridgehead atoms. The smallest absolute Gasteiger partial charge is 0.306 e. The monoisotopic (exact) mass is 888 g/mol. The minimum Gasteiger partial charge on any atom is -0.466 e. The van der Waals surface area contributed by atoms with Crippen LogP contribution < -0.4 is 21.5 Å². The van der Waals surface area contributed by atoms with Gasteiger partial charge in [-0.05, 0) is 83.3 Å². The van der Waals surface area contributed by atoms with Crippen molar-refractivity contribution in [1.29, 1.82) is 0 Å². The Labute approximate surface area is 387 Å². The van der Waals surface area contributed by atoms with Gasteiger partial charge in [-0.25, -0.2) is 0 Å². The van der Waals surface area contributed by atoms with E-state index in [2.05, 4.69) is 43.2 Å². The number of hydrogen-bond donors (Lipinski definition) is 2. The van der Waals surface area contributed by atoms with Crippen LogP contribution in [0, 0.1) is 5.92 Å². The van der Waals surface area contributed by atoms with Gasteiger partial charge in [-0.3, -0.25) is 19.2 Å². The molecule has 0 aliphatic carbocycles. The molecule has 0 radical (unpaired) electrons. The maximum Gasteiger partial charge on any atom is 0.306 e. The summed E-state index contributed by atoms with van der Waals surface area (Å²) in [6, 6.07) is 0. The van der Waals surface area contributed by atoms with Crippen molar-refractivity contribution in [3.05, 3.63) is 20.4 Å². The molecule has 63 heavy (non-hydrogen) atoms. The average Bonchev–Trinajstić information content (AvgIpc) is 3.28. The predicted octanol–water partition coefficient (Wildman–Crippen LogP) is 14.2. The Bertz CT molecular complexity index is 1260. The third-order valence-corrected chi connectivity index (χ3v) is 13.2. The molecule has 1 aromatic carbocycles. The number of anilines is 2. The van der Waals surface area contributed by atoms with Crippen LogP contribution in [0.5, 0.6) is 0 Å². The van der Waals surface area contributed by atoms with Gasteiger partial charge in [0.15, 0.2) is 0 Å². The molecule has 0 heterocycles. The van der Waals surface area contributed by atoms with Crippen LogP contribution in [0.15, 0.2) is 9.59 Å². The second-order valence-corrected chi connectivity index (χ2v) is 18.9. The Kier molecular flexibility index (Phi) is 39.3. The van der Waals surface area contributed by atoms with Gasteiger partial charge >= 0.3 is 11.9 Å². The van der Waals surface area contributed by atoms with E-state index in [1.54, 1.807) is 7.05 Å². The molecule has 0 aliphatic heterocycles. The topological polar surface area (TPSA) is 114 Å². The fourth-order valence-corrected chi connectivity index (χ4v) is 8.94. The SMILES string of the molecule is CCCCCCCCC(CCCCCCCC)CCOC(=O)CCCCCCCN(CCCCCCCC(=O)OC(CC)CCCCCCCC)CCCNc1c(NC)c(=O)c1=O. The summed E-state index contributed by atoms with van der Waals surface area (Å²) in [5.74, 6) is 0.629. The van der Waals surface area contributed by atoms with Crippen molar-refractivity contribution < 1.29 is 19.1 Å². The van der Waals surface area contributed by atoms with Crippen LogP contribution in [-0.2, 0) is 19.1 Å². The third kappa shape index (κ3) is 32.0. The second-order valence-electron chi connectivity index (χ2n) is 18.9.